The fourth-order valence-electron chi connectivity index (χ4n) is 9.85. The summed E-state index contributed by atoms with van der Waals surface area (Å²) in [4.78, 5) is 52.1. The number of ketones is 2. The SMILES string of the molecule is Cc1nc(C(=O)c2cccc(-n3c4ccccc4c4ccccc43)c2)nc(C(=O)c2cccc(-n3c4ccccc4c4ccccc43)c2)n1.O=Cc1cccc(-n2c3ccccc3c3ccccc32)c1. The zero-order chi connectivity index (χ0) is 47.3. The second-order valence-electron chi connectivity index (χ2n) is 17.1. The van der Waals surface area contributed by atoms with E-state index in [9.17, 15) is 14.4 Å². The molecule has 0 fully saturated rings. The number of benzene rings is 9. The van der Waals surface area contributed by atoms with Crippen molar-refractivity contribution in [3.8, 4) is 17.1 Å². The second-order valence-corrected chi connectivity index (χ2v) is 17.1. The second kappa shape index (κ2) is 17.2. The van der Waals surface area contributed by atoms with Crippen molar-refractivity contribution in [2.75, 3.05) is 0 Å². The number of rotatable bonds is 8. The van der Waals surface area contributed by atoms with Gasteiger partial charge in [-0.15, -0.1) is 0 Å². The summed E-state index contributed by atoms with van der Waals surface area (Å²) in [5, 5.41) is 6.98. The lowest BCUT2D eigenvalue weighted by Gasteiger charge is -2.11. The Labute approximate surface area is 401 Å². The van der Waals surface area contributed by atoms with Crippen LogP contribution in [0, 0.1) is 6.92 Å². The van der Waals surface area contributed by atoms with Crippen molar-refractivity contribution in [2.24, 2.45) is 0 Å². The topological polar surface area (TPSA) is 105 Å². The van der Waals surface area contributed by atoms with E-state index in [0.29, 0.717) is 22.5 Å². The molecule has 13 aromatic rings. The third-order valence-corrected chi connectivity index (χ3v) is 12.9. The van der Waals surface area contributed by atoms with Gasteiger partial charge in [0.2, 0.25) is 23.2 Å². The summed E-state index contributed by atoms with van der Waals surface area (Å²) >= 11 is 0. The van der Waals surface area contributed by atoms with Gasteiger partial charge in [0, 0.05) is 66.1 Å². The van der Waals surface area contributed by atoms with Crippen molar-refractivity contribution in [3.63, 3.8) is 0 Å². The molecule has 0 bridgehead atoms. The minimum absolute atomic E-state index is 0.0752. The average molecular weight is 905 g/mol. The molecule has 0 aliphatic rings. The van der Waals surface area contributed by atoms with E-state index in [1.54, 1.807) is 19.1 Å². The van der Waals surface area contributed by atoms with Gasteiger partial charge in [0.05, 0.1) is 33.1 Å². The maximum absolute atomic E-state index is 13.9. The molecule has 0 radical (unpaired) electrons. The van der Waals surface area contributed by atoms with Gasteiger partial charge in [0.15, 0.2) is 0 Å². The van der Waals surface area contributed by atoms with Gasteiger partial charge in [-0.3, -0.25) is 14.4 Å². The van der Waals surface area contributed by atoms with Crippen LogP contribution in [-0.4, -0.2) is 46.5 Å². The van der Waals surface area contributed by atoms with Crippen LogP contribution in [0.15, 0.2) is 218 Å². The van der Waals surface area contributed by atoms with E-state index in [2.05, 4.69) is 114 Å². The van der Waals surface area contributed by atoms with Crippen LogP contribution in [0.5, 0.6) is 0 Å². The summed E-state index contributed by atoms with van der Waals surface area (Å²) in [6.07, 6.45) is 0.886. The number of aryl methyl sites for hydroxylation is 1. The lowest BCUT2D eigenvalue weighted by atomic mass is 10.1. The van der Waals surface area contributed by atoms with Crippen LogP contribution < -0.4 is 0 Å². The predicted octanol–water partition coefficient (Wildman–Crippen LogP) is 13.4. The van der Waals surface area contributed by atoms with Crippen molar-refractivity contribution in [2.45, 2.75) is 6.92 Å². The molecule has 13 rings (SSSR count). The van der Waals surface area contributed by atoms with Gasteiger partial charge < -0.3 is 13.7 Å². The molecule has 0 atom stereocenters. The van der Waals surface area contributed by atoms with E-state index in [1.165, 1.54) is 10.8 Å². The summed E-state index contributed by atoms with van der Waals surface area (Å²) in [6, 6.07) is 72.1. The molecule has 4 aromatic heterocycles. The largest absolute Gasteiger partial charge is 0.309 e. The molecule has 0 saturated heterocycles. The fraction of sp³-hybridized carbons (Fsp3) is 0.0164. The standard InChI is InChI=1S/C42H27N5O2.C19H13NO/c1-26-43-41(39(48)27-12-10-14-29(24-27)46-35-20-6-2-16-31(35)32-17-3-7-21-36(32)46)45-42(44-26)40(49)28-13-11-15-30(25-28)47-37-22-8-4-18-33(37)34-19-5-9-23-38(34)47;21-13-14-6-5-7-15(12-14)20-18-10-3-1-8-16(18)17-9-2-4-11-19(17)20/h2-25H,1H3;1-13H. The Hall–Kier alpha value is -9.60. The maximum Gasteiger partial charge on any atom is 0.230 e. The number of aldehydes is 1. The van der Waals surface area contributed by atoms with Gasteiger partial charge in [0.25, 0.3) is 0 Å². The Bertz CT molecular complexity index is 3890. The van der Waals surface area contributed by atoms with Gasteiger partial charge in [-0.25, -0.2) is 15.0 Å². The number of hydrogen-bond donors (Lipinski definition) is 0. The van der Waals surface area contributed by atoms with E-state index in [4.69, 9.17) is 0 Å². The van der Waals surface area contributed by atoms with Crippen molar-refractivity contribution >= 4 is 83.3 Å². The molecule has 0 N–H and O–H groups in total. The van der Waals surface area contributed by atoms with E-state index in [1.807, 2.05) is 121 Å². The molecule has 9 aromatic carbocycles. The fourth-order valence-corrected chi connectivity index (χ4v) is 9.85. The zero-order valence-electron chi connectivity index (χ0n) is 37.8. The van der Waals surface area contributed by atoms with Crippen molar-refractivity contribution in [1.82, 2.24) is 28.7 Å². The van der Waals surface area contributed by atoms with Crippen LogP contribution in [0.4, 0.5) is 0 Å². The van der Waals surface area contributed by atoms with Crippen molar-refractivity contribution in [3.05, 3.63) is 253 Å². The number of hydrogen-bond acceptors (Lipinski definition) is 6. The number of carbonyl (C=O) groups is 3. The quantitative estimate of drug-likeness (QED) is 0.111. The summed E-state index contributed by atoms with van der Waals surface area (Å²) in [5.74, 6) is -0.635. The first-order valence-corrected chi connectivity index (χ1v) is 23.0. The van der Waals surface area contributed by atoms with E-state index in [-0.39, 0.29) is 23.2 Å². The minimum Gasteiger partial charge on any atom is -0.309 e. The molecule has 0 aliphatic carbocycles. The summed E-state index contributed by atoms with van der Waals surface area (Å²) < 4.78 is 6.51. The zero-order valence-corrected chi connectivity index (χ0v) is 37.8. The van der Waals surface area contributed by atoms with Gasteiger partial charge in [0.1, 0.15) is 12.1 Å². The Kier molecular flexibility index (Phi) is 10.3. The van der Waals surface area contributed by atoms with Gasteiger partial charge >= 0.3 is 0 Å². The molecule has 9 nitrogen and oxygen atoms in total. The van der Waals surface area contributed by atoms with Gasteiger partial charge in [-0.05, 0) is 79.7 Å². The highest BCUT2D eigenvalue weighted by Gasteiger charge is 2.22. The molecular formula is C61H40N6O3. The molecule has 4 heterocycles. The highest BCUT2D eigenvalue weighted by molar-refractivity contribution is 6.13. The summed E-state index contributed by atoms with van der Waals surface area (Å²) in [5.41, 5.74) is 10.7. The highest BCUT2D eigenvalue weighted by Crippen LogP contribution is 2.35. The third kappa shape index (κ3) is 7.12. The first-order valence-electron chi connectivity index (χ1n) is 23.0. The third-order valence-electron chi connectivity index (χ3n) is 12.9. The molecule has 0 aliphatic heterocycles. The van der Waals surface area contributed by atoms with Crippen LogP contribution in [-0.2, 0) is 0 Å². The Balaban J connectivity index is 0.000000200. The monoisotopic (exact) mass is 904 g/mol. The first-order chi connectivity index (χ1) is 34.4. The van der Waals surface area contributed by atoms with Gasteiger partial charge in [-0.2, -0.15) is 0 Å². The molecule has 9 heteroatoms. The molecular weight excluding hydrogens is 865 g/mol. The van der Waals surface area contributed by atoms with E-state index < -0.39 is 0 Å². The highest BCUT2D eigenvalue weighted by atomic mass is 16.1. The van der Waals surface area contributed by atoms with E-state index in [0.717, 1.165) is 78.0 Å². The van der Waals surface area contributed by atoms with Crippen molar-refractivity contribution < 1.29 is 14.4 Å². The van der Waals surface area contributed by atoms with Crippen LogP contribution >= 0.6 is 0 Å². The number of carbonyl (C=O) groups excluding carboxylic acids is 3. The Morgan fingerprint density at radius 2 is 0.657 bits per heavy atom. The molecule has 0 amide bonds. The van der Waals surface area contributed by atoms with Crippen LogP contribution in [0.1, 0.15) is 48.5 Å². The maximum atomic E-state index is 13.9. The molecule has 0 saturated carbocycles. The van der Waals surface area contributed by atoms with Crippen LogP contribution in [0.3, 0.4) is 0 Å². The minimum atomic E-state index is -0.388. The van der Waals surface area contributed by atoms with E-state index >= 15 is 0 Å². The van der Waals surface area contributed by atoms with Crippen molar-refractivity contribution in [1.29, 1.82) is 0 Å². The van der Waals surface area contributed by atoms with Crippen LogP contribution in [0.25, 0.3) is 82.5 Å². The summed E-state index contributed by atoms with van der Waals surface area (Å²) in [7, 11) is 0. The Morgan fingerprint density at radius 3 is 0.986 bits per heavy atom. The smallest absolute Gasteiger partial charge is 0.230 e. The first kappa shape index (κ1) is 41.8. The summed E-state index contributed by atoms with van der Waals surface area (Å²) in [6.45, 7) is 1.66. The average Bonchev–Trinajstić information content (AvgIpc) is 4.06. The number of nitrogens with zero attached hydrogens (tertiary/aromatic N) is 6. The van der Waals surface area contributed by atoms with Crippen LogP contribution in [0.2, 0.25) is 0 Å². The predicted molar refractivity (Wildman–Crippen MR) is 279 cm³/mol. The number of fused-ring (bicyclic) bond motifs is 9. The lowest BCUT2D eigenvalue weighted by molar-refractivity contribution is 0.102. The molecule has 0 spiro atoms. The number of aromatic nitrogens is 6. The number of para-hydroxylation sites is 6. The lowest BCUT2D eigenvalue weighted by Crippen LogP contribution is -2.16. The molecule has 70 heavy (non-hydrogen) atoms. The van der Waals surface area contributed by atoms with Gasteiger partial charge in [-0.1, -0.05) is 146 Å². The molecule has 0 unspecified atom stereocenters. The molecule has 332 valence electrons. The normalized spacial score (nSPS) is 11.4. The Morgan fingerprint density at radius 1 is 0.357 bits per heavy atom.